The second kappa shape index (κ2) is 8.72. The first-order chi connectivity index (χ1) is 11.7. The Kier molecular flexibility index (Phi) is 6.37. The van der Waals surface area contributed by atoms with Gasteiger partial charge in [-0.1, -0.05) is 12.5 Å². The molecule has 1 aliphatic heterocycles. The van der Waals surface area contributed by atoms with E-state index in [-0.39, 0.29) is 5.91 Å². The van der Waals surface area contributed by atoms with Crippen molar-refractivity contribution in [1.29, 1.82) is 0 Å². The predicted molar refractivity (Wildman–Crippen MR) is 101 cm³/mol. The van der Waals surface area contributed by atoms with Crippen LogP contribution in [0, 0.1) is 0 Å². The van der Waals surface area contributed by atoms with Crippen LogP contribution in [0.15, 0.2) is 24.4 Å². The van der Waals surface area contributed by atoms with E-state index in [1.54, 1.807) is 0 Å². The molecule has 1 aromatic rings. The van der Waals surface area contributed by atoms with Gasteiger partial charge in [-0.15, -0.1) is 0 Å². The molecular weight excluding hydrogens is 320 g/mol. The zero-order chi connectivity index (χ0) is 16.8. The molecule has 0 aromatic carbocycles. The van der Waals surface area contributed by atoms with E-state index < -0.39 is 0 Å². The quantitative estimate of drug-likeness (QED) is 0.882. The first-order valence-corrected chi connectivity index (χ1v) is 10.2. The van der Waals surface area contributed by atoms with Gasteiger partial charge in [0, 0.05) is 43.7 Å². The predicted octanol–water partition coefficient (Wildman–Crippen LogP) is 1.99. The molecule has 2 fully saturated rings. The lowest BCUT2D eigenvalue weighted by atomic mass is 9.95. The van der Waals surface area contributed by atoms with Crippen molar-refractivity contribution in [3.63, 3.8) is 0 Å². The van der Waals surface area contributed by atoms with E-state index in [2.05, 4.69) is 26.4 Å². The lowest BCUT2D eigenvalue weighted by Gasteiger charge is -2.35. The summed E-state index contributed by atoms with van der Waals surface area (Å²) in [6.45, 7) is 4.23. The SMILES string of the molecule is CS[C@@H]1CCC[C@H](NC(=O)CN2CCN(c3ccccn3)CC2)C1. The summed E-state index contributed by atoms with van der Waals surface area (Å²) in [5.41, 5.74) is 0. The molecule has 1 aliphatic carbocycles. The van der Waals surface area contributed by atoms with Crippen molar-refractivity contribution in [2.75, 3.05) is 43.9 Å². The van der Waals surface area contributed by atoms with E-state index in [1.165, 1.54) is 12.8 Å². The minimum atomic E-state index is 0.188. The lowest BCUT2D eigenvalue weighted by molar-refractivity contribution is -0.123. The van der Waals surface area contributed by atoms with Gasteiger partial charge in [0.15, 0.2) is 0 Å². The van der Waals surface area contributed by atoms with Gasteiger partial charge in [0.1, 0.15) is 5.82 Å². The molecule has 0 unspecified atom stereocenters. The molecule has 5 nitrogen and oxygen atoms in total. The maximum atomic E-state index is 12.3. The van der Waals surface area contributed by atoms with Crippen LogP contribution in [0.1, 0.15) is 25.7 Å². The molecule has 3 rings (SSSR count). The number of nitrogens with zero attached hydrogens (tertiary/aromatic N) is 3. The molecule has 0 bridgehead atoms. The fraction of sp³-hybridized carbons (Fsp3) is 0.667. The second-order valence-corrected chi connectivity index (χ2v) is 7.88. The molecule has 0 radical (unpaired) electrons. The van der Waals surface area contributed by atoms with Crippen LogP contribution in [0.5, 0.6) is 0 Å². The maximum Gasteiger partial charge on any atom is 0.234 e. The maximum absolute atomic E-state index is 12.3. The molecule has 2 atom stereocenters. The molecule has 0 spiro atoms. The third-order valence-corrected chi connectivity index (χ3v) is 6.13. The highest BCUT2D eigenvalue weighted by atomic mass is 32.2. The van der Waals surface area contributed by atoms with E-state index in [9.17, 15) is 4.79 Å². The zero-order valence-corrected chi connectivity index (χ0v) is 15.3. The number of pyridine rings is 1. The topological polar surface area (TPSA) is 48.5 Å². The molecule has 24 heavy (non-hydrogen) atoms. The average molecular weight is 349 g/mol. The first kappa shape index (κ1) is 17.5. The molecule has 6 heteroatoms. The van der Waals surface area contributed by atoms with Crippen molar-refractivity contribution in [2.45, 2.75) is 37.0 Å². The molecule has 1 aromatic heterocycles. The Morgan fingerprint density at radius 1 is 1.29 bits per heavy atom. The number of carbonyl (C=O) groups is 1. The van der Waals surface area contributed by atoms with E-state index in [0.717, 1.165) is 44.8 Å². The number of piperazine rings is 1. The van der Waals surface area contributed by atoms with E-state index in [1.807, 2.05) is 36.2 Å². The van der Waals surface area contributed by atoms with Gasteiger partial charge in [0.05, 0.1) is 6.54 Å². The number of carbonyl (C=O) groups excluding carboxylic acids is 1. The number of nitrogens with one attached hydrogen (secondary N) is 1. The second-order valence-electron chi connectivity index (χ2n) is 6.74. The fourth-order valence-electron chi connectivity index (χ4n) is 3.64. The van der Waals surface area contributed by atoms with Gasteiger partial charge in [0.2, 0.25) is 5.91 Å². The van der Waals surface area contributed by atoms with Gasteiger partial charge in [-0.2, -0.15) is 11.8 Å². The van der Waals surface area contributed by atoms with Crippen LogP contribution in [0.2, 0.25) is 0 Å². The minimum absolute atomic E-state index is 0.188. The number of anilines is 1. The van der Waals surface area contributed by atoms with Crippen LogP contribution < -0.4 is 10.2 Å². The Morgan fingerprint density at radius 2 is 2.12 bits per heavy atom. The Morgan fingerprint density at radius 3 is 2.83 bits per heavy atom. The Balaban J connectivity index is 1.40. The minimum Gasteiger partial charge on any atom is -0.354 e. The van der Waals surface area contributed by atoms with Crippen LogP contribution >= 0.6 is 11.8 Å². The van der Waals surface area contributed by atoms with Gasteiger partial charge in [-0.3, -0.25) is 9.69 Å². The zero-order valence-electron chi connectivity index (χ0n) is 14.5. The van der Waals surface area contributed by atoms with Gasteiger partial charge in [-0.25, -0.2) is 4.98 Å². The van der Waals surface area contributed by atoms with E-state index in [0.29, 0.717) is 17.8 Å². The molecule has 1 saturated carbocycles. The Labute approximate surface area is 149 Å². The summed E-state index contributed by atoms with van der Waals surface area (Å²) in [7, 11) is 0. The number of amides is 1. The third kappa shape index (κ3) is 4.86. The highest BCUT2D eigenvalue weighted by Crippen LogP contribution is 2.26. The van der Waals surface area contributed by atoms with Crippen molar-refractivity contribution in [3.8, 4) is 0 Å². The van der Waals surface area contributed by atoms with Crippen LogP contribution in [0.3, 0.4) is 0 Å². The number of thioether (sulfide) groups is 1. The van der Waals surface area contributed by atoms with Gasteiger partial charge in [0.25, 0.3) is 0 Å². The Bertz CT molecular complexity index is 519. The summed E-state index contributed by atoms with van der Waals surface area (Å²) in [4.78, 5) is 21.3. The molecule has 2 heterocycles. The molecule has 2 aliphatic rings. The van der Waals surface area contributed by atoms with Crippen LogP contribution in [-0.4, -0.2) is 66.1 Å². The highest BCUT2D eigenvalue weighted by molar-refractivity contribution is 7.99. The molecule has 1 saturated heterocycles. The van der Waals surface area contributed by atoms with Gasteiger partial charge >= 0.3 is 0 Å². The summed E-state index contributed by atoms with van der Waals surface area (Å²) in [5, 5.41) is 3.97. The molecular formula is C18H28N4OS. The van der Waals surface area contributed by atoms with Crippen molar-refractivity contribution in [2.24, 2.45) is 0 Å². The van der Waals surface area contributed by atoms with E-state index in [4.69, 9.17) is 0 Å². The summed E-state index contributed by atoms with van der Waals surface area (Å²) in [6.07, 6.45) is 8.80. The smallest absolute Gasteiger partial charge is 0.234 e. The summed E-state index contributed by atoms with van der Waals surface area (Å²) in [6, 6.07) is 6.39. The largest absolute Gasteiger partial charge is 0.354 e. The average Bonchev–Trinajstić information content (AvgIpc) is 2.63. The lowest BCUT2D eigenvalue weighted by Crippen LogP contribution is -2.51. The van der Waals surface area contributed by atoms with Crippen molar-refractivity contribution >= 4 is 23.5 Å². The number of hydrogen-bond donors (Lipinski definition) is 1. The van der Waals surface area contributed by atoms with Crippen molar-refractivity contribution in [3.05, 3.63) is 24.4 Å². The van der Waals surface area contributed by atoms with Crippen molar-refractivity contribution < 1.29 is 4.79 Å². The highest BCUT2D eigenvalue weighted by Gasteiger charge is 2.24. The monoisotopic (exact) mass is 348 g/mol. The summed E-state index contributed by atoms with van der Waals surface area (Å²) in [5.74, 6) is 1.22. The fourth-order valence-corrected chi connectivity index (χ4v) is 4.47. The first-order valence-electron chi connectivity index (χ1n) is 8.95. The molecule has 1 amide bonds. The summed E-state index contributed by atoms with van der Waals surface area (Å²) < 4.78 is 0. The number of hydrogen-bond acceptors (Lipinski definition) is 5. The number of rotatable bonds is 5. The molecule has 1 N–H and O–H groups in total. The van der Waals surface area contributed by atoms with Crippen LogP contribution in [0.4, 0.5) is 5.82 Å². The standard InChI is InChI=1S/C18H28N4OS/c1-24-16-6-4-5-15(13-16)20-18(23)14-21-9-11-22(12-10-21)17-7-2-3-8-19-17/h2-3,7-8,15-16H,4-6,9-14H2,1H3,(H,20,23)/t15-,16+/m0/s1. The van der Waals surface area contributed by atoms with E-state index >= 15 is 0 Å². The normalized spacial score (nSPS) is 25.5. The Hall–Kier alpha value is -1.27. The number of aromatic nitrogens is 1. The van der Waals surface area contributed by atoms with Gasteiger partial charge < -0.3 is 10.2 Å². The third-order valence-electron chi connectivity index (χ3n) is 5.04. The van der Waals surface area contributed by atoms with Crippen LogP contribution in [0.25, 0.3) is 0 Å². The van der Waals surface area contributed by atoms with Crippen molar-refractivity contribution in [1.82, 2.24) is 15.2 Å². The summed E-state index contributed by atoms with van der Waals surface area (Å²) >= 11 is 1.94. The van der Waals surface area contributed by atoms with Gasteiger partial charge in [-0.05, 0) is 37.7 Å². The molecule has 132 valence electrons. The van der Waals surface area contributed by atoms with Crippen LogP contribution in [-0.2, 0) is 4.79 Å².